The molecule has 0 aliphatic heterocycles. The number of rotatable bonds is 9. The van der Waals surface area contributed by atoms with E-state index >= 15 is 0 Å². The summed E-state index contributed by atoms with van der Waals surface area (Å²) >= 11 is 0. The smallest absolute Gasteiger partial charge is 0.337 e. The van der Waals surface area contributed by atoms with E-state index in [0.29, 0.717) is 18.0 Å². The van der Waals surface area contributed by atoms with Gasteiger partial charge in [0, 0.05) is 11.6 Å². The van der Waals surface area contributed by atoms with Crippen LogP contribution in [0.2, 0.25) is 0 Å². The maximum absolute atomic E-state index is 11.6. The van der Waals surface area contributed by atoms with Gasteiger partial charge in [0.2, 0.25) is 0 Å². The lowest BCUT2D eigenvalue weighted by Gasteiger charge is -2.27. The van der Waals surface area contributed by atoms with E-state index in [0.717, 1.165) is 42.4 Å². The molecule has 0 amide bonds. The van der Waals surface area contributed by atoms with E-state index < -0.39 is 18.2 Å². The number of fused-ring (bicyclic) bond motifs is 1. The fourth-order valence-corrected chi connectivity index (χ4v) is 4.89. The van der Waals surface area contributed by atoms with Crippen molar-refractivity contribution >= 4 is 16.9 Å². The largest absolute Gasteiger partial charge is 0.496 e. The predicted octanol–water partition coefficient (Wildman–Crippen LogP) is 4.68. The van der Waals surface area contributed by atoms with Gasteiger partial charge in [-0.3, -0.25) is 4.68 Å². The Hall–Kier alpha value is -2.90. The number of ether oxygens (including phenoxy) is 2. The Morgan fingerprint density at radius 3 is 2.67 bits per heavy atom. The maximum Gasteiger partial charge on any atom is 0.337 e. The molecule has 2 atom stereocenters. The first-order chi connectivity index (χ1) is 16.0. The van der Waals surface area contributed by atoms with E-state index in [1.165, 1.54) is 18.4 Å². The number of aromatic carboxylic acids is 1. The molecule has 5 rings (SSSR count). The highest BCUT2D eigenvalue weighted by molar-refractivity contribution is 6.01. The molecule has 2 saturated carbocycles. The van der Waals surface area contributed by atoms with Crippen LogP contribution in [0.15, 0.2) is 42.6 Å². The molecule has 0 spiro atoms. The van der Waals surface area contributed by atoms with Gasteiger partial charge in [0.15, 0.2) is 0 Å². The molecule has 3 aromatic rings. The van der Waals surface area contributed by atoms with Crippen LogP contribution >= 0.6 is 0 Å². The fraction of sp³-hybridized carbons (Fsp3) is 0.462. The van der Waals surface area contributed by atoms with Crippen molar-refractivity contribution in [2.24, 2.45) is 0 Å². The molecule has 0 unspecified atom stereocenters. The van der Waals surface area contributed by atoms with Gasteiger partial charge >= 0.3 is 5.97 Å². The summed E-state index contributed by atoms with van der Waals surface area (Å²) in [7, 11) is 1.67. The number of aliphatic hydroxyl groups is 1. The SMILES string of the molecule is COc1cc([C@@H](O)[C@H](Cn2cc3cccc(C(=O)O)c3n2)OC2CCCC2)ccc1C1CC1. The third-order valence-corrected chi connectivity index (χ3v) is 6.82. The molecule has 7 nitrogen and oxygen atoms in total. The first-order valence-electron chi connectivity index (χ1n) is 11.7. The van der Waals surface area contributed by atoms with Crippen LogP contribution in [0.1, 0.15) is 72.0 Å². The third kappa shape index (κ3) is 4.61. The van der Waals surface area contributed by atoms with E-state index in [1.54, 1.807) is 23.9 Å². The van der Waals surface area contributed by atoms with Crippen molar-refractivity contribution in [2.75, 3.05) is 7.11 Å². The number of carbonyl (C=O) groups is 1. The van der Waals surface area contributed by atoms with Crippen molar-refractivity contribution in [3.8, 4) is 5.75 Å². The fourth-order valence-electron chi connectivity index (χ4n) is 4.89. The summed E-state index contributed by atoms with van der Waals surface area (Å²) in [5, 5.41) is 26.1. The summed E-state index contributed by atoms with van der Waals surface area (Å²) in [6.45, 7) is 0.318. The Labute approximate surface area is 192 Å². The van der Waals surface area contributed by atoms with Crippen LogP contribution in [0.5, 0.6) is 5.75 Å². The van der Waals surface area contributed by atoms with Crippen molar-refractivity contribution in [2.45, 2.75) is 69.3 Å². The summed E-state index contributed by atoms with van der Waals surface area (Å²) in [4.78, 5) is 11.6. The predicted molar refractivity (Wildman–Crippen MR) is 124 cm³/mol. The van der Waals surface area contributed by atoms with Gasteiger partial charge in [-0.2, -0.15) is 5.10 Å². The van der Waals surface area contributed by atoms with Crippen LogP contribution in [0.4, 0.5) is 0 Å². The number of aliphatic hydroxyl groups excluding tert-OH is 1. The molecule has 2 aliphatic rings. The van der Waals surface area contributed by atoms with Crippen molar-refractivity contribution in [3.05, 3.63) is 59.3 Å². The van der Waals surface area contributed by atoms with E-state index in [1.807, 2.05) is 24.4 Å². The molecule has 0 saturated heterocycles. The van der Waals surface area contributed by atoms with Crippen molar-refractivity contribution in [3.63, 3.8) is 0 Å². The monoisotopic (exact) mass is 450 g/mol. The highest BCUT2D eigenvalue weighted by Gasteiger charge is 2.31. The zero-order chi connectivity index (χ0) is 22.9. The molecule has 0 radical (unpaired) electrons. The number of carboxylic acid groups (broad SMARTS) is 1. The van der Waals surface area contributed by atoms with E-state index in [2.05, 4.69) is 11.2 Å². The van der Waals surface area contributed by atoms with E-state index in [4.69, 9.17) is 9.47 Å². The Morgan fingerprint density at radius 2 is 1.97 bits per heavy atom. The van der Waals surface area contributed by atoms with Gasteiger partial charge in [-0.25, -0.2) is 4.79 Å². The van der Waals surface area contributed by atoms with Gasteiger partial charge in [-0.1, -0.05) is 37.1 Å². The molecule has 2 aliphatic carbocycles. The lowest BCUT2D eigenvalue weighted by molar-refractivity contribution is -0.0844. The highest BCUT2D eigenvalue weighted by Crippen LogP contribution is 2.45. The number of carboxylic acids is 1. The van der Waals surface area contributed by atoms with Crippen LogP contribution in [-0.4, -0.2) is 45.3 Å². The molecule has 2 N–H and O–H groups in total. The number of benzene rings is 2. The molecular weight excluding hydrogens is 420 g/mol. The third-order valence-electron chi connectivity index (χ3n) is 6.82. The Balaban J connectivity index is 1.44. The molecule has 1 aromatic heterocycles. The first kappa shape index (κ1) is 21.9. The summed E-state index contributed by atoms with van der Waals surface area (Å²) < 4.78 is 13.7. The summed E-state index contributed by atoms with van der Waals surface area (Å²) in [5.74, 6) is 0.355. The number of hydrogen-bond donors (Lipinski definition) is 2. The molecule has 7 heteroatoms. The second-order valence-electron chi connectivity index (χ2n) is 9.20. The van der Waals surface area contributed by atoms with Gasteiger partial charge in [0.05, 0.1) is 25.3 Å². The van der Waals surface area contributed by atoms with Crippen LogP contribution in [-0.2, 0) is 11.3 Å². The quantitative estimate of drug-likeness (QED) is 0.492. The zero-order valence-electron chi connectivity index (χ0n) is 18.8. The molecule has 174 valence electrons. The lowest BCUT2D eigenvalue weighted by Crippen LogP contribution is -2.31. The minimum Gasteiger partial charge on any atom is -0.496 e. The van der Waals surface area contributed by atoms with E-state index in [-0.39, 0.29) is 11.7 Å². The second kappa shape index (κ2) is 9.15. The average Bonchev–Trinajstić information content (AvgIpc) is 3.37. The minimum atomic E-state index is -1.01. The molecule has 0 bridgehead atoms. The van der Waals surface area contributed by atoms with Crippen molar-refractivity contribution < 1.29 is 24.5 Å². The zero-order valence-corrected chi connectivity index (χ0v) is 18.8. The van der Waals surface area contributed by atoms with E-state index in [9.17, 15) is 15.0 Å². The van der Waals surface area contributed by atoms with Crippen LogP contribution in [0, 0.1) is 0 Å². The van der Waals surface area contributed by atoms with Crippen molar-refractivity contribution in [1.82, 2.24) is 9.78 Å². The number of hydrogen-bond acceptors (Lipinski definition) is 5. The number of nitrogens with zero attached hydrogens (tertiary/aromatic N) is 2. The van der Waals surface area contributed by atoms with Gasteiger partial charge in [-0.15, -0.1) is 0 Å². The summed E-state index contributed by atoms with van der Waals surface area (Å²) in [6.07, 6.45) is 7.12. The molecule has 2 fully saturated rings. The number of methoxy groups -OCH3 is 1. The Morgan fingerprint density at radius 1 is 1.18 bits per heavy atom. The lowest BCUT2D eigenvalue weighted by atomic mass is 9.99. The van der Waals surface area contributed by atoms with Crippen LogP contribution < -0.4 is 4.74 Å². The highest BCUT2D eigenvalue weighted by atomic mass is 16.5. The Bertz CT molecular complexity index is 1150. The molecule has 2 aromatic carbocycles. The van der Waals surface area contributed by atoms with Gasteiger partial charge < -0.3 is 19.7 Å². The second-order valence-corrected chi connectivity index (χ2v) is 9.20. The van der Waals surface area contributed by atoms with Crippen molar-refractivity contribution in [1.29, 1.82) is 0 Å². The number of aromatic nitrogens is 2. The molecule has 33 heavy (non-hydrogen) atoms. The maximum atomic E-state index is 11.6. The average molecular weight is 451 g/mol. The topological polar surface area (TPSA) is 93.8 Å². The molecular formula is C26H30N2O5. The summed E-state index contributed by atoms with van der Waals surface area (Å²) in [6, 6.07) is 11.1. The van der Waals surface area contributed by atoms with Gasteiger partial charge in [0.1, 0.15) is 23.5 Å². The Kier molecular flexibility index (Phi) is 6.08. The first-order valence-corrected chi connectivity index (χ1v) is 11.7. The van der Waals surface area contributed by atoms with Crippen LogP contribution in [0.3, 0.4) is 0 Å². The summed E-state index contributed by atoms with van der Waals surface area (Å²) in [5.41, 5.74) is 2.55. The normalized spacial score (nSPS) is 18.5. The van der Waals surface area contributed by atoms with Gasteiger partial charge in [-0.05, 0) is 54.9 Å². The van der Waals surface area contributed by atoms with Crippen LogP contribution in [0.25, 0.3) is 10.9 Å². The minimum absolute atomic E-state index is 0.108. The van der Waals surface area contributed by atoms with Gasteiger partial charge in [0.25, 0.3) is 0 Å². The standard InChI is InChI=1S/C26H30N2O5/c1-32-22-13-17(11-12-20(22)16-9-10-16)25(29)23(33-19-6-2-3-7-19)15-28-14-18-5-4-8-21(26(30)31)24(18)27-28/h4-5,8,11-14,16,19,23,25,29H,2-3,6-7,9-10,15H2,1H3,(H,30,31)/t23-,25+/m0/s1. The molecule has 1 heterocycles.